The molecule has 0 aliphatic carbocycles. The van der Waals surface area contributed by atoms with Crippen molar-refractivity contribution in [3.8, 4) is 0 Å². The lowest BCUT2D eigenvalue weighted by atomic mass is 10.3. The van der Waals surface area contributed by atoms with Gasteiger partial charge in [0.2, 0.25) is 0 Å². The van der Waals surface area contributed by atoms with Crippen LogP contribution in [-0.4, -0.2) is 15.1 Å². The van der Waals surface area contributed by atoms with Gasteiger partial charge in [-0.3, -0.25) is 0 Å². The third kappa shape index (κ3) is 2.19. The van der Waals surface area contributed by atoms with Gasteiger partial charge < -0.3 is 9.51 Å². The molecule has 2 heterocycles. The number of hydrogen-bond acceptors (Lipinski definition) is 4. The smallest absolute Gasteiger partial charge is 0.166 e. The van der Waals surface area contributed by atoms with E-state index in [2.05, 4.69) is 15.1 Å². The second kappa shape index (κ2) is 4.25. The molecule has 5 heteroatoms. The lowest BCUT2D eigenvalue weighted by Crippen LogP contribution is -1.77. The third-order valence-corrected chi connectivity index (χ3v) is 3.29. The van der Waals surface area contributed by atoms with Crippen LogP contribution in [0, 0.1) is 6.92 Å². The number of imidazole rings is 1. The van der Waals surface area contributed by atoms with Gasteiger partial charge in [-0.2, -0.15) is 0 Å². The minimum Gasteiger partial charge on any atom is -0.360 e. The fourth-order valence-corrected chi connectivity index (χ4v) is 2.38. The zero-order valence-corrected chi connectivity index (χ0v) is 10.1. The second-order valence-corrected chi connectivity index (χ2v) is 4.75. The van der Waals surface area contributed by atoms with Crippen molar-refractivity contribution in [3.63, 3.8) is 0 Å². The topological polar surface area (TPSA) is 54.7 Å². The summed E-state index contributed by atoms with van der Waals surface area (Å²) >= 11 is 1.61. The van der Waals surface area contributed by atoms with Crippen LogP contribution in [0.2, 0.25) is 0 Å². The molecule has 2 aromatic heterocycles. The van der Waals surface area contributed by atoms with E-state index in [1.54, 1.807) is 11.8 Å². The van der Waals surface area contributed by atoms with Crippen molar-refractivity contribution in [1.29, 1.82) is 0 Å². The van der Waals surface area contributed by atoms with E-state index >= 15 is 0 Å². The number of fused-ring (bicyclic) bond motifs is 1. The van der Waals surface area contributed by atoms with Gasteiger partial charge in [-0.1, -0.05) is 29.1 Å². The number of aromatic amines is 1. The Morgan fingerprint density at radius 1 is 1.35 bits per heavy atom. The summed E-state index contributed by atoms with van der Waals surface area (Å²) in [6.45, 7) is 1.92. The van der Waals surface area contributed by atoms with E-state index in [-0.39, 0.29) is 0 Å². The maximum absolute atomic E-state index is 5.15. The lowest BCUT2D eigenvalue weighted by Gasteiger charge is -1.91. The fourth-order valence-electron chi connectivity index (χ4n) is 1.62. The first-order valence-electron chi connectivity index (χ1n) is 5.31. The minimum atomic E-state index is 0.737. The number of para-hydroxylation sites is 2. The number of nitrogens with one attached hydrogen (secondary N) is 1. The molecule has 86 valence electrons. The normalized spacial score (nSPS) is 11.1. The maximum Gasteiger partial charge on any atom is 0.166 e. The Kier molecular flexibility index (Phi) is 2.60. The van der Waals surface area contributed by atoms with Gasteiger partial charge in [0.15, 0.2) is 5.16 Å². The number of aromatic nitrogens is 3. The van der Waals surface area contributed by atoms with E-state index in [1.807, 2.05) is 37.3 Å². The molecule has 3 aromatic rings. The van der Waals surface area contributed by atoms with Crippen LogP contribution in [0.15, 0.2) is 40.0 Å². The summed E-state index contributed by atoms with van der Waals surface area (Å²) in [6, 6.07) is 9.93. The molecule has 0 unspecified atom stereocenters. The van der Waals surface area contributed by atoms with Crippen molar-refractivity contribution in [2.45, 2.75) is 17.8 Å². The number of aryl methyl sites for hydroxylation is 1. The molecule has 17 heavy (non-hydrogen) atoms. The summed E-state index contributed by atoms with van der Waals surface area (Å²) < 4.78 is 5.15. The highest BCUT2D eigenvalue weighted by molar-refractivity contribution is 7.98. The van der Waals surface area contributed by atoms with Crippen LogP contribution < -0.4 is 0 Å². The van der Waals surface area contributed by atoms with Crippen molar-refractivity contribution >= 4 is 22.8 Å². The zero-order valence-electron chi connectivity index (χ0n) is 9.30. The van der Waals surface area contributed by atoms with Gasteiger partial charge in [0, 0.05) is 6.07 Å². The molecule has 0 bridgehead atoms. The molecule has 0 atom stereocenters. The van der Waals surface area contributed by atoms with Crippen molar-refractivity contribution < 1.29 is 4.52 Å². The number of rotatable bonds is 3. The summed E-state index contributed by atoms with van der Waals surface area (Å²) in [5.74, 6) is 1.61. The largest absolute Gasteiger partial charge is 0.360 e. The molecule has 0 radical (unpaired) electrons. The van der Waals surface area contributed by atoms with Crippen LogP contribution in [0.5, 0.6) is 0 Å². The average molecular weight is 245 g/mol. The molecule has 1 N–H and O–H groups in total. The Morgan fingerprint density at radius 2 is 2.24 bits per heavy atom. The molecule has 4 nitrogen and oxygen atoms in total. The Morgan fingerprint density at radius 3 is 3.00 bits per heavy atom. The van der Waals surface area contributed by atoms with Gasteiger partial charge >= 0.3 is 0 Å². The van der Waals surface area contributed by atoms with E-state index in [0.717, 1.165) is 33.4 Å². The zero-order chi connectivity index (χ0) is 11.7. The van der Waals surface area contributed by atoms with Crippen LogP contribution in [0.1, 0.15) is 11.5 Å². The Labute approximate surface area is 102 Å². The van der Waals surface area contributed by atoms with Crippen LogP contribution in [0.3, 0.4) is 0 Å². The fraction of sp³-hybridized carbons (Fsp3) is 0.167. The molecule has 3 rings (SSSR count). The van der Waals surface area contributed by atoms with E-state index in [9.17, 15) is 0 Å². The monoisotopic (exact) mass is 245 g/mol. The summed E-state index contributed by atoms with van der Waals surface area (Å²) in [7, 11) is 0. The predicted octanol–water partition coefficient (Wildman–Crippen LogP) is 3.15. The third-order valence-electron chi connectivity index (χ3n) is 2.40. The Hall–Kier alpha value is -1.75. The van der Waals surface area contributed by atoms with Crippen molar-refractivity contribution in [3.05, 3.63) is 41.8 Å². The highest BCUT2D eigenvalue weighted by Crippen LogP contribution is 2.23. The summed E-state index contributed by atoms with van der Waals surface area (Å²) in [4.78, 5) is 7.74. The van der Waals surface area contributed by atoms with Gasteiger partial charge in [-0.15, -0.1) is 0 Å². The van der Waals surface area contributed by atoms with Crippen molar-refractivity contribution in [2.24, 2.45) is 0 Å². The molecular formula is C12H11N3OS. The number of thioether (sulfide) groups is 1. The van der Waals surface area contributed by atoms with E-state index in [4.69, 9.17) is 4.52 Å². The van der Waals surface area contributed by atoms with E-state index in [1.165, 1.54) is 0 Å². The van der Waals surface area contributed by atoms with Crippen molar-refractivity contribution in [1.82, 2.24) is 15.1 Å². The second-order valence-electron chi connectivity index (χ2n) is 3.78. The summed E-state index contributed by atoms with van der Waals surface area (Å²) in [5, 5.41) is 4.76. The Bertz CT molecular complexity index is 611. The highest BCUT2D eigenvalue weighted by atomic mass is 32.2. The number of H-pyrrole nitrogens is 1. The van der Waals surface area contributed by atoms with Crippen molar-refractivity contribution in [2.75, 3.05) is 0 Å². The molecule has 0 saturated heterocycles. The van der Waals surface area contributed by atoms with Crippen LogP contribution in [-0.2, 0) is 5.75 Å². The molecule has 0 fully saturated rings. The molecule has 1 aromatic carbocycles. The SMILES string of the molecule is Cc1cc(CSc2nc3ccccc3[nH]2)on1. The summed E-state index contributed by atoms with van der Waals surface area (Å²) in [5.41, 5.74) is 2.96. The molecule has 0 aliphatic rings. The van der Waals surface area contributed by atoms with Gasteiger partial charge in [0.05, 0.1) is 22.5 Å². The number of hydrogen-bond donors (Lipinski definition) is 1. The molecule has 0 spiro atoms. The minimum absolute atomic E-state index is 0.737. The molecule has 0 aliphatic heterocycles. The molecular weight excluding hydrogens is 234 g/mol. The summed E-state index contributed by atoms with van der Waals surface area (Å²) in [6.07, 6.45) is 0. The quantitative estimate of drug-likeness (QED) is 0.720. The van der Waals surface area contributed by atoms with Crippen LogP contribution >= 0.6 is 11.8 Å². The van der Waals surface area contributed by atoms with Gasteiger partial charge in [-0.25, -0.2) is 4.98 Å². The van der Waals surface area contributed by atoms with Gasteiger partial charge in [0.1, 0.15) is 5.76 Å². The van der Waals surface area contributed by atoms with Crippen LogP contribution in [0.4, 0.5) is 0 Å². The van der Waals surface area contributed by atoms with E-state index < -0.39 is 0 Å². The van der Waals surface area contributed by atoms with Crippen LogP contribution in [0.25, 0.3) is 11.0 Å². The number of nitrogens with zero attached hydrogens (tertiary/aromatic N) is 2. The lowest BCUT2D eigenvalue weighted by molar-refractivity contribution is 0.391. The maximum atomic E-state index is 5.15. The first-order chi connectivity index (χ1) is 8.31. The first kappa shape index (κ1) is 10.4. The van der Waals surface area contributed by atoms with Gasteiger partial charge in [0.25, 0.3) is 0 Å². The standard InChI is InChI=1S/C12H11N3OS/c1-8-6-9(16-15-8)7-17-12-13-10-4-2-3-5-11(10)14-12/h2-6H,7H2,1H3,(H,13,14). The Balaban J connectivity index is 1.76. The van der Waals surface area contributed by atoms with Gasteiger partial charge in [-0.05, 0) is 19.1 Å². The molecule has 0 amide bonds. The average Bonchev–Trinajstić information content (AvgIpc) is 2.91. The predicted molar refractivity (Wildman–Crippen MR) is 66.9 cm³/mol. The molecule has 0 saturated carbocycles. The van der Waals surface area contributed by atoms with E-state index in [0.29, 0.717) is 0 Å². The first-order valence-corrected chi connectivity index (χ1v) is 6.29. The highest BCUT2D eigenvalue weighted by Gasteiger charge is 2.05. The number of benzene rings is 1.